The predicted molar refractivity (Wildman–Crippen MR) is 81.0 cm³/mol. The Kier molecular flexibility index (Phi) is 7.47. The lowest BCUT2D eigenvalue weighted by molar-refractivity contribution is 0.0931. The van der Waals surface area contributed by atoms with Crippen LogP contribution in [-0.4, -0.2) is 46.7 Å². The fraction of sp³-hybridized carbons (Fsp3) is 0.643. The molecule has 0 spiro atoms. The minimum absolute atomic E-state index is 0.121. The number of amides is 1. The molecule has 1 aromatic rings. The Morgan fingerprint density at radius 2 is 2.05 bits per heavy atom. The van der Waals surface area contributed by atoms with Gasteiger partial charge in [-0.1, -0.05) is 25.4 Å². The van der Waals surface area contributed by atoms with Gasteiger partial charge in [0.25, 0.3) is 5.91 Å². The molecule has 6 heteroatoms. The number of aromatic nitrogens is 2. The summed E-state index contributed by atoms with van der Waals surface area (Å²) < 4.78 is 0. The van der Waals surface area contributed by atoms with E-state index in [1.165, 1.54) is 0 Å². The molecule has 0 aromatic carbocycles. The number of hydrogen-bond donors (Lipinski definition) is 1. The summed E-state index contributed by atoms with van der Waals surface area (Å²) in [5, 5.41) is 10.6. The third-order valence-electron chi connectivity index (χ3n) is 3.25. The summed E-state index contributed by atoms with van der Waals surface area (Å²) in [5.41, 5.74) is 0.296. The minimum atomic E-state index is -0.204. The van der Waals surface area contributed by atoms with E-state index in [9.17, 15) is 4.79 Å². The Morgan fingerprint density at radius 3 is 2.60 bits per heavy atom. The second-order valence-corrected chi connectivity index (χ2v) is 5.17. The van der Waals surface area contributed by atoms with Gasteiger partial charge in [0.2, 0.25) is 0 Å². The van der Waals surface area contributed by atoms with E-state index in [0.717, 1.165) is 32.5 Å². The van der Waals surface area contributed by atoms with E-state index in [1.54, 1.807) is 12.1 Å². The van der Waals surface area contributed by atoms with Gasteiger partial charge in [0.05, 0.1) is 0 Å². The maximum atomic E-state index is 11.9. The highest BCUT2D eigenvalue weighted by atomic mass is 35.5. The molecule has 5 nitrogen and oxygen atoms in total. The zero-order valence-electron chi connectivity index (χ0n) is 12.4. The quantitative estimate of drug-likeness (QED) is 0.800. The third-order valence-corrected chi connectivity index (χ3v) is 3.45. The first kappa shape index (κ1) is 16.9. The molecular weight excluding hydrogens is 276 g/mol. The summed E-state index contributed by atoms with van der Waals surface area (Å²) in [7, 11) is 0. The largest absolute Gasteiger partial charge is 0.348 e. The van der Waals surface area contributed by atoms with Crippen molar-refractivity contribution in [3.8, 4) is 0 Å². The first-order valence-corrected chi connectivity index (χ1v) is 7.47. The second kappa shape index (κ2) is 8.87. The number of rotatable bonds is 8. The minimum Gasteiger partial charge on any atom is -0.348 e. The molecule has 1 rings (SSSR count). The van der Waals surface area contributed by atoms with Crippen molar-refractivity contribution in [2.75, 3.05) is 19.6 Å². The predicted octanol–water partition coefficient (Wildman–Crippen LogP) is 2.37. The van der Waals surface area contributed by atoms with Crippen LogP contribution in [-0.2, 0) is 0 Å². The van der Waals surface area contributed by atoms with Crippen LogP contribution in [0.15, 0.2) is 12.1 Å². The average Bonchev–Trinajstić information content (AvgIpc) is 2.44. The Morgan fingerprint density at radius 1 is 1.35 bits per heavy atom. The molecule has 0 saturated carbocycles. The van der Waals surface area contributed by atoms with Gasteiger partial charge in [-0.05, 0) is 51.5 Å². The Labute approximate surface area is 125 Å². The summed E-state index contributed by atoms with van der Waals surface area (Å²) in [6, 6.07) is 3.26. The van der Waals surface area contributed by atoms with E-state index in [2.05, 4.69) is 34.3 Å². The van der Waals surface area contributed by atoms with Crippen LogP contribution in [0.4, 0.5) is 0 Å². The molecular formula is C14H23ClN4O. The molecule has 1 atom stereocenters. The highest BCUT2D eigenvalue weighted by molar-refractivity contribution is 6.29. The maximum Gasteiger partial charge on any atom is 0.272 e. The first-order valence-electron chi connectivity index (χ1n) is 7.09. The number of carbonyl (C=O) groups is 1. The lowest BCUT2D eigenvalue weighted by Crippen LogP contribution is -2.34. The van der Waals surface area contributed by atoms with Crippen molar-refractivity contribution >= 4 is 17.5 Å². The van der Waals surface area contributed by atoms with E-state index in [1.807, 2.05) is 6.92 Å². The van der Waals surface area contributed by atoms with E-state index in [4.69, 9.17) is 11.6 Å². The van der Waals surface area contributed by atoms with Crippen LogP contribution in [0.1, 0.15) is 44.1 Å². The van der Waals surface area contributed by atoms with Gasteiger partial charge in [-0.15, -0.1) is 10.2 Å². The standard InChI is InChI=1S/C14H23ClN4O/c1-4-19(5-2)10-6-7-11(3)16-14(20)12-8-9-13(15)18-17-12/h8-9,11H,4-7,10H2,1-3H3,(H,16,20). The van der Waals surface area contributed by atoms with Crippen LogP contribution in [0.3, 0.4) is 0 Å². The number of carbonyl (C=O) groups excluding carboxylic acids is 1. The number of nitrogens with zero attached hydrogens (tertiary/aromatic N) is 3. The summed E-state index contributed by atoms with van der Waals surface area (Å²) in [5.74, 6) is -0.204. The van der Waals surface area contributed by atoms with Gasteiger partial charge >= 0.3 is 0 Å². The van der Waals surface area contributed by atoms with E-state index in [0.29, 0.717) is 5.69 Å². The van der Waals surface area contributed by atoms with Gasteiger partial charge < -0.3 is 10.2 Å². The molecule has 1 aromatic heterocycles. The van der Waals surface area contributed by atoms with Crippen molar-refractivity contribution in [2.45, 2.75) is 39.7 Å². The van der Waals surface area contributed by atoms with Gasteiger partial charge in [-0.2, -0.15) is 0 Å². The molecule has 20 heavy (non-hydrogen) atoms. The average molecular weight is 299 g/mol. The van der Waals surface area contributed by atoms with Gasteiger partial charge in [-0.25, -0.2) is 0 Å². The van der Waals surface area contributed by atoms with Gasteiger partial charge in [-0.3, -0.25) is 4.79 Å². The SMILES string of the molecule is CCN(CC)CCCC(C)NC(=O)c1ccc(Cl)nn1. The Bertz CT molecular complexity index is 406. The monoisotopic (exact) mass is 298 g/mol. The molecule has 1 N–H and O–H groups in total. The van der Waals surface area contributed by atoms with Crippen LogP contribution in [0.25, 0.3) is 0 Å². The summed E-state index contributed by atoms with van der Waals surface area (Å²) in [6.45, 7) is 9.52. The zero-order chi connectivity index (χ0) is 15.0. The van der Waals surface area contributed by atoms with Crippen molar-refractivity contribution in [2.24, 2.45) is 0 Å². The molecule has 1 heterocycles. The van der Waals surface area contributed by atoms with Crippen molar-refractivity contribution in [3.05, 3.63) is 23.0 Å². The fourth-order valence-electron chi connectivity index (χ4n) is 1.97. The summed E-state index contributed by atoms with van der Waals surface area (Å²) in [6.07, 6.45) is 2.01. The molecule has 1 amide bonds. The van der Waals surface area contributed by atoms with Gasteiger partial charge in [0.1, 0.15) is 0 Å². The van der Waals surface area contributed by atoms with E-state index in [-0.39, 0.29) is 17.1 Å². The van der Waals surface area contributed by atoms with E-state index >= 15 is 0 Å². The van der Waals surface area contributed by atoms with Crippen LogP contribution in [0.2, 0.25) is 5.15 Å². The number of hydrogen-bond acceptors (Lipinski definition) is 4. The van der Waals surface area contributed by atoms with E-state index < -0.39 is 0 Å². The molecule has 0 aliphatic heterocycles. The molecule has 0 radical (unpaired) electrons. The van der Waals surface area contributed by atoms with Crippen molar-refractivity contribution in [1.82, 2.24) is 20.4 Å². The molecule has 0 fully saturated rings. The maximum absolute atomic E-state index is 11.9. The molecule has 112 valence electrons. The Hall–Kier alpha value is -1.20. The highest BCUT2D eigenvalue weighted by Crippen LogP contribution is 2.04. The molecule has 0 saturated heterocycles. The van der Waals surface area contributed by atoms with Crippen LogP contribution in [0.5, 0.6) is 0 Å². The number of halogens is 1. The highest BCUT2D eigenvalue weighted by Gasteiger charge is 2.11. The van der Waals surface area contributed by atoms with Gasteiger partial charge in [0, 0.05) is 6.04 Å². The number of nitrogens with one attached hydrogen (secondary N) is 1. The lowest BCUT2D eigenvalue weighted by Gasteiger charge is -2.19. The third kappa shape index (κ3) is 5.84. The second-order valence-electron chi connectivity index (χ2n) is 4.78. The Balaban J connectivity index is 2.33. The van der Waals surface area contributed by atoms with Crippen molar-refractivity contribution < 1.29 is 4.79 Å². The lowest BCUT2D eigenvalue weighted by atomic mass is 10.1. The normalized spacial score (nSPS) is 12.4. The molecule has 0 aliphatic carbocycles. The molecule has 0 aliphatic rings. The smallest absolute Gasteiger partial charge is 0.272 e. The van der Waals surface area contributed by atoms with Gasteiger partial charge in [0.15, 0.2) is 10.8 Å². The molecule has 0 bridgehead atoms. The van der Waals surface area contributed by atoms with Crippen LogP contribution < -0.4 is 5.32 Å². The van der Waals surface area contributed by atoms with Crippen LogP contribution in [0, 0.1) is 0 Å². The van der Waals surface area contributed by atoms with Crippen molar-refractivity contribution in [1.29, 1.82) is 0 Å². The summed E-state index contributed by atoms with van der Waals surface area (Å²) in [4.78, 5) is 14.3. The van der Waals surface area contributed by atoms with Crippen molar-refractivity contribution in [3.63, 3.8) is 0 Å². The van der Waals surface area contributed by atoms with Crippen LogP contribution >= 0.6 is 11.6 Å². The topological polar surface area (TPSA) is 58.1 Å². The summed E-state index contributed by atoms with van der Waals surface area (Å²) >= 11 is 5.64. The first-order chi connectivity index (χ1) is 9.56. The fourth-order valence-corrected chi connectivity index (χ4v) is 2.07. The molecule has 1 unspecified atom stereocenters. The zero-order valence-corrected chi connectivity index (χ0v) is 13.2.